The summed E-state index contributed by atoms with van der Waals surface area (Å²) in [6, 6.07) is 2.32. The van der Waals surface area contributed by atoms with E-state index in [4.69, 9.17) is 16.0 Å². The average molecular weight is 217 g/mol. The van der Waals surface area contributed by atoms with Crippen LogP contribution in [0.15, 0.2) is 16.7 Å². The van der Waals surface area contributed by atoms with Gasteiger partial charge >= 0.3 is 0 Å². The van der Waals surface area contributed by atoms with E-state index in [-0.39, 0.29) is 0 Å². The second kappa shape index (κ2) is 6.06. The molecule has 0 aliphatic heterocycles. The standard InChI is InChI=1S/C10H17ClN2O/c1-3-12-6-8(2)13-7-9-4-5-14-10(9)11/h4-5,8,12-13H,3,6-7H2,1-2H3. The molecule has 1 heterocycles. The summed E-state index contributed by atoms with van der Waals surface area (Å²) in [4.78, 5) is 0. The Balaban J connectivity index is 2.23. The number of likely N-dealkylation sites (N-methyl/N-ethyl adjacent to an activating group) is 1. The van der Waals surface area contributed by atoms with E-state index < -0.39 is 0 Å². The maximum atomic E-state index is 5.81. The molecule has 4 heteroatoms. The predicted molar refractivity (Wildman–Crippen MR) is 58.6 cm³/mol. The normalized spacial score (nSPS) is 13.1. The molecule has 0 bridgehead atoms. The van der Waals surface area contributed by atoms with Gasteiger partial charge in [-0.1, -0.05) is 6.92 Å². The van der Waals surface area contributed by atoms with Gasteiger partial charge in [-0.15, -0.1) is 0 Å². The molecular weight excluding hydrogens is 200 g/mol. The number of hydrogen-bond acceptors (Lipinski definition) is 3. The summed E-state index contributed by atoms with van der Waals surface area (Å²) in [6.45, 7) is 6.95. The molecule has 1 aromatic rings. The number of nitrogens with one attached hydrogen (secondary N) is 2. The van der Waals surface area contributed by atoms with Crippen molar-refractivity contribution in [1.29, 1.82) is 0 Å². The molecule has 2 N–H and O–H groups in total. The molecule has 0 aliphatic carbocycles. The predicted octanol–water partition coefficient (Wildman–Crippen LogP) is 2.02. The number of rotatable bonds is 6. The third kappa shape index (κ3) is 3.70. The van der Waals surface area contributed by atoms with Crippen LogP contribution in [0, 0.1) is 0 Å². The summed E-state index contributed by atoms with van der Waals surface area (Å²) < 4.78 is 4.99. The van der Waals surface area contributed by atoms with Crippen LogP contribution in [-0.2, 0) is 6.54 Å². The van der Waals surface area contributed by atoms with E-state index in [2.05, 4.69) is 24.5 Å². The van der Waals surface area contributed by atoms with Crippen LogP contribution in [0.3, 0.4) is 0 Å². The van der Waals surface area contributed by atoms with Crippen molar-refractivity contribution in [2.45, 2.75) is 26.4 Å². The van der Waals surface area contributed by atoms with Crippen molar-refractivity contribution < 1.29 is 4.42 Å². The molecule has 0 fully saturated rings. The third-order valence-corrected chi connectivity index (χ3v) is 2.37. The Bertz CT molecular complexity index is 262. The average Bonchev–Trinajstić information content (AvgIpc) is 2.58. The lowest BCUT2D eigenvalue weighted by molar-refractivity contribution is 0.504. The fourth-order valence-corrected chi connectivity index (χ4v) is 1.34. The zero-order chi connectivity index (χ0) is 10.4. The summed E-state index contributed by atoms with van der Waals surface area (Å²) in [5.74, 6) is 0. The highest BCUT2D eigenvalue weighted by atomic mass is 35.5. The Labute approximate surface area is 89.8 Å². The van der Waals surface area contributed by atoms with E-state index in [0.29, 0.717) is 11.3 Å². The van der Waals surface area contributed by atoms with Crippen LogP contribution in [0.4, 0.5) is 0 Å². The Hall–Kier alpha value is -0.510. The Morgan fingerprint density at radius 3 is 2.93 bits per heavy atom. The van der Waals surface area contributed by atoms with Crippen molar-refractivity contribution in [3.63, 3.8) is 0 Å². The van der Waals surface area contributed by atoms with Crippen molar-refractivity contribution in [3.05, 3.63) is 23.1 Å². The van der Waals surface area contributed by atoms with Gasteiger partial charge < -0.3 is 15.1 Å². The van der Waals surface area contributed by atoms with Crippen molar-refractivity contribution in [2.75, 3.05) is 13.1 Å². The van der Waals surface area contributed by atoms with Gasteiger partial charge in [-0.25, -0.2) is 0 Å². The van der Waals surface area contributed by atoms with Gasteiger partial charge in [0.2, 0.25) is 0 Å². The summed E-state index contributed by atoms with van der Waals surface area (Å²) in [6.07, 6.45) is 1.61. The minimum absolute atomic E-state index is 0.431. The summed E-state index contributed by atoms with van der Waals surface area (Å²) in [5.41, 5.74) is 1.01. The van der Waals surface area contributed by atoms with Crippen LogP contribution in [0.25, 0.3) is 0 Å². The molecule has 0 spiro atoms. The van der Waals surface area contributed by atoms with Crippen molar-refractivity contribution >= 4 is 11.6 Å². The lowest BCUT2D eigenvalue weighted by Gasteiger charge is -2.13. The smallest absolute Gasteiger partial charge is 0.197 e. The molecule has 1 aromatic heterocycles. The van der Waals surface area contributed by atoms with Crippen molar-refractivity contribution in [2.24, 2.45) is 0 Å². The van der Waals surface area contributed by atoms with Crippen molar-refractivity contribution in [1.82, 2.24) is 10.6 Å². The zero-order valence-electron chi connectivity index (χ0n) is 8.64. The molecule has 14 heavy (non-hydrogen) atoms. The van der Waals surface area contributed by atoms with Gasteiger partial charge in [-0.3, -0.25) is 0 Å². The summed E-state index contributed by atoms with van der Waals surface area (Å²) in [7, 11) is 0. The maximum absolute atomic E-state index is 5.81. The quantitative estimate of drug-likeness (QED) is 0.764. The summed E-state index contributed by atoms with van der Waals surface area (Å²) >= 11 is 5.81. The highest BCUT2D eigenvalue weighted by molar-refractivity contribution is 6.29. The number of furan rings is 1. The molecule has 80 valence electrons. The Kier molecular flexibility index (Phi) is 5.01. The summed E-state index contributed by atoms with van der Waals surface area (Å²) in [5, 5.41) is 7.11. The second-order valence-corrected chi connectivity index (χ2v) is 3.65. The van der Waals surface area contributed by atoms with E-state index >= 15 is 0 Å². The van der Waals surface area contributed by atoms with Gasteiger partial charge in [-0.05, 0) is 31.1 Å². The van der Waals surface area contributed by atoms with Gasteiger partial charge in [0.25, 0.3) is 0 Å². The molecule has 0 saturated heterocycles. The third-order valence-electron chi connectivity index (χ3n) is 2.03. The molecule has 0 radical (unpaired) electrons. The first-order valence-electron chi connectivity index (χ1n) is 4.90. The van der Waals surface area contributed by atoms with E-state index in [9.17, 15) is 0 Å². The monoisotopic (exact) mass is 216 g/mol. The topological polar surface area (TPSA) is 37.2 Å². The fourth-order valence-electron chi connectivity index (χ4n) is 1.16. The first-order chi connectivity index (χ1) is 6.74. The molecule has 1 atom stereocenters. The van der Waals surface area contributed by atoms with Crippen LogP contribution in [0.1, 0.15) is 19.4 Å². The maximum Gasteiger partial charge on any atom is 0.197 e. The second-order valence-electron chi connectivity index (χ2n) is 3.31. The van der Waals surface area contributed by atoms with Gasteiger partial charge in [0.1, 0.15) is 0 Å². The molecular formula is C10H17ClN2O. The largest absolute Gasteiger partial charge is 0.453 e. The van der Waals surface area contributed by atoms with Gasteiger partial charge in [-0.2, -0.15) is 0 Å². The molecule has 1 unspecified atom stereocenters. The Morgan fingerprint density at radius 1 is 1.57 bits per heavy atom. The van der Waals surface area contributed by atoms with Crippen LogP contribution in [0.2, 0.25) is 5.22 Å². The minimum Gasteiger partial charge on any atom is -0.453 e. The molecule has 1 rings (SSSR count). The van der Waals surface area contributed by atoms with E-state index in [0.717, 1.165) is 25.2 Å². The molecule has 0 amide bonds. The van der Waals surface area contributed by atoms with Crippen LogP contribution in [-0.4, -0.2) is 19.1 Å². The first kappa shape index (κ1) is 11.6. The zero-order valence-corrected chi connectivity index (χ0v) is 9.40. The molecule has 0 saturated carbocycles. The van der Waals surface area contributed by atoms with Crippen molar-refractivity contribution in [3.8, 4) is 0 Å². The highest BCUT2D eigenvalue weighted by Gasteiger charge is 2.05. The van der Waals surface area contributed by atoms with E-state index in [1.54, 1.807) is 6.26 Å². The SMILES string of the molecule is CCNCC(C)NCc1ccoc1Cl. The van der Waals surface area contributed by atoms with Crippen LogP contribution in [0.5, 0.6) is 0 Å². The lowest BCUT2D eigenvalue weighted by atomic mass is 10.3. The molecule has 0 aromatic carbocycles. The van der Waals surface area contributed by atoms with Gasteiger partial charge in [0, 0.05) is 24.7 Å². The molecule has 0 aliphatic rings. The van der Waals surface area contributed by atoms with Gasteiger partial charge in [0.15, 0.2) is 5.22 Å². The van der Waals surface area contributed by atoms with E-state index in [1.807, 2.05) is 6.07 Å². The van der Waals surface area contributed by atoms with Crippen LogP contribution < -0.4 is 10.6 Å². The number of hydrogen-bond donors (Lipinski definition) is 2. The molecule has 3 nitrogen and oxygen atoms in total. The lowest BCUT2D eigenvalue weighted by Crippen LogP contribution is -2.35. The first-order valence-corrected chi connectivity index (χ1v) is 5.27. The number of halogens is 1. The van der Waals surface area contributed by atoms with Crippen LogP contribution >= 0.6 is 11.6 Å². The highest BCUT2D eigenvalue weighted by Crippen LogP contribution is 2.15. The fraction of sp³-hybridized carbons (Fsp3) is 0.600. The van der Waals surface area contributed by atoms with Gasteiger partial charge in [0.05, 0.1) is 6.26 Å². The van der Waals surface area contributed by atoms with E-state index in [1.165, 1.54) is 0 Å². The Morgan fingerprint density at radius 2 is 2.36 bits per heavy atom. The minimum atomic E-state index is 0.431.